The first-order valence-electron chi connectivity index (χ1n) is 12.4. The number of nitro groups is 1. The van der Waals surface area contributed by atoms with Crippen LogP contribution in [0.2, 0.25) is 0 Å². The number of allylic oxidation sites excluding steroid dienone is 1. The maximum absolute atomic E-state index is 14.0. The predicted octanol–water partition coefficient (Wildman–Crippen LogP) is 3.88. The van der Waals surface area contributed by atoms with E-state index in [4.69, 9.17) is 14.2 Å². The Kier molecular flexibility index (Phi) is 7.22. The SMILES string of the molecule is CCOC(=O)C1=C(C)N=c2s/c(=C\c3cc(OC)c(OC)cc3[N+](=O)[O-])c(=O)n2[C@H]1c1cccc2ccccc12. The third-order valence-corrected chi connectivity index (χ3v) is 7.63. The Morgan fingerprint density at radius 1 is 1.12 bits per heavy atom. The number of carbonyl (C=O) groups is 1. The van der Waals surface area contributed by atoms with Crippen LogP contribution in [0.1, 0.15) is 31.0 Å². The number of ether oxygens (including phenoxy) is 3. The minimum atomic E-state index is -0.816. The second-order valence-corrected chi connectivity index (χ2v) is 9.90. The molecule has 3 aromatic carbocycles. The molecular formula is C29H25N3O7S. The van der Waals surface area contributed by atoms with Crippen LogP contribution in [0.3, 0.4) is 0 Å². The van der Waals surface area contributed by atoms with Crippen molar-refractivity contribution >= 4 is 39.8 Å². The van der Waals surface area contributed by atoms with E-state index in [-0.39, 0.29) is 39.5 Å². The Bertz CT molecular complexity index is 1880. The lowest BCUT2D eigenvalue weighted by molar-refractivity contribution is -0.385. The van der Waals surface area contributed by atoms with Gasteiger partial charge in [-0.15, -0.1) is 0 Å². The Balaban J connectivity index is 1.81. The van der Waals surface area contributed by atoms with Crippen molar-refractivity contribution < 1.29 is 23.9 Å². The number of nitrogens with zero attached hydrogens (tertiary/aromatic N) is 3. The summed E-state index contributed by atoms with van der Waals surface area (Å²) >= 11 is 1.08. The van der Waals surface area contributed by atoms with Gasteiger partial charge in [-0.25, -0.2) is 9.79 Å². The molecule has 1 aromatic heterocycles. The summed E-state index contributed by atoms with van der Waals surface area (Å²) in [7, 11) is 2.81. The summed E-state index contributed by atoms with van der Waals surface area (Å²) in [5.41, 5.74) is 0.893. The van der Waals surface area contributed by atoms with E-state index in [1.807, 2.05) is 42.5 Å². The van der Waals surface area contributed by atoms with E-state index in [1.165, 1.54) is 37.0 Å². The van der Waals surface area contributed by atoms with Gasteiger partial charge in [-0.3, -0.25) is 19.5 Å². The minimum absolute atomic E-state index is 0.158. The van der Waals surface area contributed by atoms with Crippen LogP contribution < -0.4 is 24.4 Å². The van der Waals surface area contributed by atoms with E-state index < -0.39 is 22.5 Å². The van der Waals surface area contributed by atoms with Gasteiger partial charge in [-0.1, -0.05) is 53.8 Å². The smallest absolute Gasteiger partial charge is 0.338 e. The Morgan fingerprint density at radius 3 is 2.52 bits per heavy atom. The van der Waals surface area contributed by atoms with Crippen LogP contribution in [-0.4, -0.2) is 36.3 Å². The number of methoxy groups -OCH3 is 2. The Morgan fingerprint density at radius 2 is 1.82 bits per heavy atom. The molecule has 0 fully saturated rings. The van der Waals surface area contributed by atoms with Crippen molar-refractivity contribution in [2.24, 2.45) is 4.99 Å². The number of hydrogen-bond donors (Lipinski definition) is 0. The summed E-state index contributed by atoms with van der Waals surface area (Å²) in [4.78, 5) is 43.5. The topological polar surface area (TPSA) is 122 Å². The quantitative estimate of drug-likeness (QED) is 0.191. The Hall–Kier alpha value is -4.77. The molecule has 0 spiro atoms. The number of thiazole rings is 1. The standard InChI is InChI=1S/C29H25N3O7S/c1-5-39-28(34)25-16(2)30-29-31(26(25)20-12-8-10-17-9-6-7-11-19(17)20)27(33)24(40-29)14-18-13-22(37-3)23(38-4)15-21(18)32(35)36/h6-15,26H,5H2,1-4H3/b24-14-/t26-/m0/s1. The van der Waals surface area contributed by atoms with Crippen LogP contribution in [0, 0.1) is 10.1 Å². The largest absolute Gasteiger partial charge is 0.493 e. The second kappa shape index (κ2) is 10.8. The van der Waals surface area contributed by atoms with E-state index in [9.17, 15) is 19.7 Å². The number of carbonyl (C=O) groups excluding carboxylic acids is 1. The molecule has 40 heavy (non-hydrogen) atoms. The molecule has 4 aromatic rings. The molecule has 11 heteroatoms. The van der Waals surface area contributed by atoms with Gasteiger partial charge >= 0.3 is 5.97 Å². The zero-order valence-electron chi connectivity index (χ0n) is 22.2. The maximum Gasteiger partial charge on any atom is 0.338 e. The number of hydrogen-bond acceptors (Lipinski definition) is 9. The number of aromatic nitrogens is 1. The average molecular weight is 560 g/mol. The number of fused-ring (bicyclic) bond motifs is 2. The highest BCUT2D eigenvalue weighted by Gasteiger charge is 2.34. The van der Waals surface area contributed by atoms with Crippen molar-refractivity contribution in [2.45, 2.75) is 19.9 Å². The number of benzene rings is 3. The molecule has 0 bridgehead atoms. The monoisotopic (exact) mass is 559 g/mol. The van der Waals surface area contributed by atoms with Gasteiger partial charge in [0, 0.05) is 0 Å². The van der Waals surface area contributed by atoms with Gasteiger partial charge < -0.3 is 14.2 Å². The molecule has 0 saturated carbocycles. The van der Waals surface area contributed by atoms with Crippen molar-refractivity contribution in [1.29, 1.82) is 0 Å². The summed E-state index contributed by atoms with van der Waals surface area (Å²) in [5.74, 6) is -0.0915. The van der Waals surface area contributed by atoms with Crippen LogP contribution >= 0.6 is 11.3 Å². The summed E-state index contributed by atoms with van der Waals surface area (Å²) < 4.78 is 17.6. The highest BCUT2D eigenvalue weighted by molar-refractivity contribution is 7.07. The molecule has 1 aliphatic heterocycles. The van der Waals surface area contributed by atoms with Crippen LogP contribution in [0.15, 0.2) is 75.7 Å². The summed E-state index contributed by atoms with van der Waals surface area (Å²) in [5, 5.41) is 13.7. The second-order valence-electron chi connectivity index (χ2n) is 8.89. The molecule has 0 saturated heterocycles. The van der Waals surface area contributed by atoms with E-state index in [0.29, 0.717) is 10.5 Å². The lowest BCUT2D eigenvalue weighted by Crippen LogP contribution is -2.40. The highest BCUT2D eigenvalue weighted by atomic mass is 32.1. The first-order valence-corrected chi connectivity index (χ1v) is 13.2. The fourth-order valence-corrected chi connectivity index (χ4v) is 5.91. The average Bonchev–Trinajstić information content (AvgIpc) is 3.25. The third kappa shape index (κ3) is 4.54. The highest BCUT2D eigenvalue weighted by Crippen LogP contribution is 2.36. The molecule has 0 N–H and O–H groups in total. The number of nitro benzene ring substituents is 1. The van der Waals surface area contributed by atoms with E-state index in [0.717, 1.165) is 27.7 Å². The van der Waals surface area contributed by atoms with Gasteiger partial charge in [0.25, 0.3) is 11.2 Å². The van der Waals surface area contributed by atoms with Crippen molar-refractivity contribution in [1.82, 2.24) is 4.57 Å². The summed E-state index contributed by atoms with van der Waals surface area (Å²) in [6.07, 6.45) is 1.44. The van der Waals surface area contributed by atoms with Gasteiger partial charge in [0.1, 0.15) is 0 Å². The fourth-order valence-electron chi connectivity index (χ4n) is 4.87. The molecule has 5 rings (SSSR count). The minimum Gasteiger partial charge on any atom is -0.493 e. The normalized spacial score (nSPS) is 15.0. The van der Waals surface area contributed by atoms with Crippen LogP contribution in [0.25, 0.3) is 16.8 Å². The van der Waals surface area contributed by atoms with Crippen molar-refractivity contribution in [2.75, 3.05) is 20.8 Å². The van der Waals surface area contributed by atoms with Crippen LogP contribution in [0.5, 0.6) is 11.5 Å². The molecule has 1 atom stereocenters. The molecule has 0 radical (unpaired) electrons. The fraction of sp³-hybridized carbons (Fsp3) is 0.207. The van der Waals surface area contributed by atoms with E-state index in [2.05, 4.69) is 4.99 Å². The molecule has 0 aliphatic carbocycles. The number of esters is 1. The molecule has 10 nitrogen and oxygen atoms in total. The molecule has 204 valence electrons. The summed E-state index contributed by atoms with van der Waals surface area (Å²) in [6.45, 7) is 3.58. The first kappa shape index (κ1) is 26.8. The maximum atomic E-state index is 14.0. The lowest BCUT2D eigenvalue weighted by Gasteiger charge is -2.25. The molecular weight excluding hydrogens is 534 g/mol. The Labute approximate surface area is 232 Å². The van der Waals surface area contributed by atoms with Gasteiger partial charge in [-0.05, 0) is 42.3 Å². The van der Waals surface area contributed by atoms with E-state index >= 15 is 0 Å². The lowest BCUT2D eigenvalue weighted by atomic mass is 9.91. The molecule has 0 unspecified atom stereocenters. The van der Waals surface area contributed by atoms with Crippen molar-refractivity contribution in [3.8, 4) is 11.5 Å². The van der Waals surface area contributed by atoms with Gasteiger partial charge in [-0.2, -0.15) is 0 Å². The third-order valence-electron chi connectivity index (χ3n) is 6.65. The first-order chi connectivity index (χ1) is 19.3. The van der Waals surface area contributed by atoms with Gasteiger partial charge in [0.15, 0.2) is 16.3 Å². The van der Waals surface area contributed by atoms with E-state index in [1.54, 1.807) is 13.8 Å². The zero-order chi connectivity index (χ0) is 28.6. The predicted molar refractivity (Wildman–Crippen MR) is 151 cm³/mol. The molecule has 2 heterocycles. The summed E-state index contributed by atoms with van der Waals surface area (Å²) in [6, 6.07) is 15.3. The van der Waals surface area contributed by atoms with Crippen molar-refractivity contribution in [3.05, 3.63) is 107 Å². The molecule has 0 amide bonds. The zero-order valence-corrected chi connectivity index (χ0v) is 23.0. The van der Waals surface area contributed by atoms with Gasteiger partial charge in [0.2, 0.25) is 0 Å². The molecule has 1 aliphatic rings. The number of rotatable bonds is 7. The van der Waals surface area contributed by atoms with Crippen molar-refractivity contribution in [3.63, 3.8) is 0 Å². The van der Waals surface area contributed by atoms with Gasteiger partial charge in [0.05, 0.1) is 59.2 Å². The van der Waals surface area contributed by atoms with Crippen LogP contribution in [-0.2, 0) is 9.53 Å². The van der Waals surface area contributed by atoms with Crippen LogP contribution in [0.4, 0.5) is 5.69 Å².